The largest absolute Gasteiger partial charge is 0.464 e. The average Bonchev–Trinajstić information content (AvgIpc) is 2.76. The van der Waals surface area contributed by atoms with Gasteiger partial charge in [-0.05, 0) is 31.5 Å². The van der Waals surface area contributed by atoms with Crippen LogP contribution in [0, 0.1) is 6.92 Å². The molecule has 6 nitrogen and oxygen atoms in total. The van der Waals surface area contributed by atoms with Gasteiger partial charge in [0.25, 0.3) is 0 Å². The number of ether oxygens (including phenoxy) is 1. The van der Waals surface area contributed by atoms with Crippen molar-refractivity contribution in [1.29, 1.82) is 0 Å². The molecular weight excluding hydrogens is 248 g/mol. The van der Waals surface area contributed by atoms with E-state index in [1.165, 1.54) is 0 Å². The predicted octanol–water partition coefficient (Wildman–Crippen LogP) is 0.829. The zero-order chi connectivity index (χ0) is 14.0. The van der Waals surface area contributed by atoms with E-state index in [1.54, 1.807) is 25.1 Å². The van der Waals surface area contributed by atoms with E-state index in [1.807, 2.05) is 6.92 Å². The number of carbonyl (C=O) groups is 1. The van der Waals surface area contributed by atoms with Gasteiger partial charge in [-0.2, -0.15) is 0 Å². The Morgan fingerprint density at radius 3 is 2.89 bits per heavy atom. The molecule has 2 aromatic rings. The van der Waals surface area contributed by atoms with Crippen LogP contribution in [0.4, 0.5) is 0 Å². The number of aliphatic hydroxyl groups excluding tert-OH is 2. The molecule has 1 aromatic carbocycles. The number of nitrogens with one attached hydrogen (secondary N) is 1. The Labute approximate surface area is 110 Å². The molecule has 0 saturated heterocycles. The third kappa shape index (κ3) is 2.74. The van der Waals surface area contributed by atoms with Gasteiger partial charge in [-0.1, -0.05) is 6.07 Å². The molecule has 6 heteroatoms. The number of aromatic amines is 1. The Hall–Kier alpha value is -1.92. The highest BCUT2D eigenvalue weighted by Crippen LogP contribution is 2.22. The van der Waals surface area contributed by atoms with E-state index in [4.69, 9.17) is 0 Å². The molecule has 0 aliphatic heterocycles. The number of benzene rings is 1. The number of aliphatic hydroxyl groups is 2. The number of imidazole rings is 1. The van der Waals surface area contributed by atoms with E-state index < -0.39 is 18.2 Å². The number of H-pyrrole nitrogens is 1. The lowest BCUT2D eigenvalue weighted by Gasteiger charge is -2.16. The maximum atomic E-state index is 11.4. The van der Waals surface area contributed by atoms with E-state index in [0.717, 1.165) is 16.9 Å². The Kier molecular flexibility index (Phi) is 3.82. The summed E-state index contributed by atoms with van der Waals surface area (Å²) < 4.78 is 4.67. The van der Waals surface area contributed by atoms with E-state index in [2.05, 4.69) is 14.7 Å². The number of nitrogens with zero attached hydrogens (tertiary/aromatic N) is 1. The first-order valence-electron chi connectivity index (χ1n) is 6.02. The van der Waals surface area contributed by atoms with Crippen molar-refractivity contribution >= 4 is 17.0 Å². The van der Waals surface area contributed by atoms with Gasteiger partial charge in [0.2, 0.25) is 0 Å². The number of esters is 1. The van der Waals surface area contributed by atoms with Crippen molar-refractivity contribution in [3.63, 3.8) is 0 Å². The Morgan fingerprint density at radius 1 is 1.47 bits per heavy atom. The molecule has 0 spiro atoms. The van der Waals surface area contributed by atoms with Gasteiger partial charge in [0.15, 0.2) is 6.10 Å². The predicted molar refractivity (Wildman–Crippen MR) is 68.4 cm³/mol. The standard InChI is InChI=1S/C13H16N2O4/c1-3-19-13(18)12(17)11(16)8-4-5-9-10(6-8)15-7(2)14-9/h4-6,11-12,16-17H,3H2,1-2H3,(H,14,15). The number of aryl methyl sites for hydroxylation is 1. The molecule has 2 rings (SSSR count). The molecule has 2 unspecified atom stereocenters. The number of fused-ring (bicyclic) bond motifs is 1. The van der Waals surface area contributed by atoms with Crippen LogP contribution in [0.2, 0.25) is 0 Å². The van der Waals surface area contributed by atoms with Crippen molar-refractivity contribution < 1.29 is 19.7 Å². The summed E-state index contributed by atoms with van der Waals surface area (Å²) in [4.78, 5) is 18.6. The molecule has 3 N–H and O–H groups in total. The van der Waals surface area contributed by atoms with Crippen molar-refractivity contribution in [3.8, 4) is 0 Å². The lowest BCUT2D eigenvalue weighted by molar-refractivity contribution is -0.159. The Balaban J connectivity index is 2.25. The Bertz CT molecular complexity index is 593. The van der Waals surface area contributed by atoms with E-state index in [9.17, 15) is 15.0 Å². The third-order valence-corrected chi connectivity index (χ3v) is 2.79. The van der Waals surface area contributed by atoms with Crippen molar-refractivity contribution in [2.75, 3.05) is 6.61 Å². The van der Waals surface area contributed by atoms with Gasteiger partial charge >= 0.3 is 5.97 Å². The minimum atomic E-state index is -1.60. The summed E-state index contributed by atoms with van der Waals surface area (Å²) in [5, 5.41) is 19.7. The lowest BCUT2D eigenvalue weighted by atomic mass is 10.0. The summed E-state index contributed by atoms with van der Waals surface area (Å²) >= 11 is 0. The minimum absolute atomic E-state index is 0.154. The van der Waals surface area contributed by atoms with E-state index >= 15 is 0 Å². The molecule has 1 heterocycles. The van der Waals surface area contributed by atoms with Crippen LogP contribution in [-0.4, -0.2) is 38.9 Å². The second kappa shape index (κ2) is 5.38. The first kappa shape index (κ1) is 13.5. The van der Waals surface area contributed by atoms with Crippen LogP contribution in [0.1, 0.15) is 24.4 Å². The maximum absolute atomic E-state index is 11.4. The van der Waals surface area contributed by atoms with Crippen LogP contribution in [0.25, 0.3) is 11.0 Å². The van der Waals surface area contributed by atoms with Crippen molar-refractivity contribution in [1.82, 2.24) is 9.97 Å². The summed E-state index contributed by atoms with van der Waals surface area (Å²) in [6.07, 6.45) is -2.92. The molecule has 0 aliphatic carbocycles. The number of rotatable bonds is 4. The van der Waals surface area contributed by atoms with Gasteiger partial charge in [-0.15, -0.1) is 0 Å². The fourth-order valence-electron chi connectivity index (χ4n) is 1.88. The normalized spacial score (nSPS) is 14.3. The van der Waals surface area contributed by atoms with Crippen molar-refractivity contribution in [2.24, 2.45) is 0 Å². The summed E-state index contributed by atoms with van der Waals surface area (Å²) in [6.45, 7) is 3.61. The molecule has 19 heavy (non-hydrogen) atoms. The van der Waals surface area contributed by atoms with E-state index in [-0.39, 0.29) is 6.61 Å². The van der Waals surface area contributed by atoms with Crippen LogP contribution < -0.4 is 0 Å². The van der Waals surface area contributed by atoms with Gasteiger partial charge in [-0.3, -0.25) is 0 Å². The topological polar surface area (TPSA) is 95.4 Å². The fourth-order valence-corrected chi connectivity index (χ4v) is 1.88. The summed E-state index contributed by atoms with van der Waals surface area (Å²) in [6, 6.07) is 4.99. The third-order valence-electron chi connectivity index (χ3n) is 2.79. The van der Waals surface area contributed by atoms with Gasteiger partial charge < -0.3 is 19.9 Å². The fraction of sp³-hybridized carbons (Fsp3) is 0.385. The second-order valence-corrected chi connectivity index (χ2v) is 4.24. The van der Waals surface area contributed by atoms with Crippen molar-refractivity contribution in [2.45, 2.75) is 26.1 Å². The maximum Gasteiger partial charge on any atom is 0.338 e. The highest BCUT2D eigenvalue weighted by molar-refractivity contribution is 5.78. The monoisotopic (exact) mass is 264 g/mol. The quantitative estimate of drug-likeness (QED) is 0.711. The molecule has 0 radical (unpaired) electrons. The SMILES string of the molecule is CCOC(=O)C(O)C(O)c1ccc2nc(C)[nH]c2c1. The van der Waals surface area contributed by atoms with Crippen LogP contribution >= 0.6 is 0 Å². The molecular formula is C13H16N2O4. The highest BCUT2D eigenvalue weighted by atomic mass is 16.5. The van der Waals surface area contributed by atoms with Crippen LogP contribution in [-0.2, 0) is 9.53 Å². The second-order valence-electron chi connectivity index (χ2n) is 4.24. The molecule has 0 amide bonds. The number of hydrogen-bond donors (Lipinski definition) is 3. The van der Waals surface area contributed by atoms with Crippen LogP contribution in [0.3, 0.4) is 0 Å². The summed E-state index contributed by atoms with van der Waals surface area (Å²) in [7, 11) is 0. The average molecular weight is 264 g/mol. The van der Waals surface area contributed by atoms with Crippen LogP contribution in [0.15, 0.2) is 18.2 Å². The molecule has 2 atom stereocenters. The summed E-state index contributed by atoms with van der Waals surface area (Å²) in [5.74, 6) is -0.0801. The molecule has 0 aliphatic rings. The zero-order valence-corrected chi connectivity index (χ0v) is 10.8. The van der Waals surface area contributed by atoms with Gasteiger partial charge in [0.1, 0.15) is 11.9 Å². The van der Waals surface area contributed by atoms with Gasteiger partial charge in [0, 0.05) is 0 Å². The molecule has 0 fully saturated rings. The highest BCUT2D eigenvalue weighted by Gasteiger charge is 2.27. The van der Waals surface area contributed by atoms with Gasteiger partial charge in [0.05, 0.1) is 17.6 Å². The minimum Gasteiger partial charge on any atom is -0.464 e. The summed E-state index contributed by atoms with van der Waals surface area (Å²) in [5.41, 5.74) is 1.93. The smallest absolute Gasteiger partial charge is 0.338 e. The molecule has 102 valence electrons. The number of hydrogen-bond acceptors (Lipinski definition) is 5. The van der Waals surface area contributed by atoms with E-state index in [0.29, 0.717) is 5.56 Å². The molecule has 0 bridgehead atoms. The zero-order valence-electron chi connectivity index (χ0n) is 10.8. The van der Waals surface area contributed by atoms with Gasteiger partial charge in [-0.25, -0.2) is 9.78 Å². The van der Waals surface area contributed by atoms with Crippen molar-refractivity contribution in [3.05, 3.63) is 29.6 Å². The first-order chi connectivity index (χ1) is 9.02. The first-order valence-corrected chi connectivity index (χ1v) is 6.02. The molecule has 0 saturated carbocycles. The van der Waals surface area contributed by atoms with Crippen LogP contribution in [0.5, 0.6) is 0 Å². The number of aromatic nitrogens is 2. The Morgan fingerprint density at radius 2 is 2.21 bits per heavy atom. The molecule has 1 aromatic heterocycles. The lowest BCUT2D eigenvalue weighted by Crippen LogP contribution is -2.29. The number of carbonyl (C=O) groups excluding carboxylic acids is 1.